The van der Waals surface area contributed by atoms with Crippen LogP contribution in [0.25, 0.3) is 0 Å². The quantitative estimate of drug-likeness (QED) is 0.538. The highest BCUT2D eigenvalue weighted by Gasteiger charge is 2.12. The third kappa shape index (κ3) is 5.90. The second-order valence-electron chi connectivity index (χ2n) is 5.33. The van der Waals surface area contributed by atoms with Crippen LogP contribution in [-0.4, -0.2) is 44.5 Å². The molecular weight excluding hydrogens is 350 g/mol. The van der Waals surface area contributed by atoms with Gasteiger partial charge in [-0.3, -0.25) is 0 Å². The van der Waals surface area contributed by atoms with Crippen LogP contribution in [0.4, 0.5) is 5.69 Å². The highest BCUT2D eigenvalue weighted by Crippen LogP contribution is 2.23. The molecule has 21 heavy (non-hydrogen) atoms. The molecule has 1 aliphatic heterocycles. The zero-order chi connectivity index (χ0) is 15.1. The largest absolute Gasteiger partial charge is 0.370 e. The van der Waals surface area contributed by atoms with Gasteiger partial charge in [0.25, 0.3) is 0 Å². The Morgan fingerprint density at radius 3 is 2.86 bits per heavy atom. The van der Waals surface area contributed by atoms with Gasteiger partial charge in [-0.15, -0.1) is 0 Å². The number of morpholine rings is 1. The summed E-state index contributed by atoms with van der Waals surface area (Å²) in [5, 5.41) is 7.17. The Bertz CT molecular complexity index is 478. The van der Waals surface area contributed by atoms with Crippen molar-refractivity contribution in [2.45, 2.75) is 13.3 Å². The molecule has 0 unspecified atom stereocenters. The van der Waals surface area contributed by atoms with Gasteiger partial charge in [-0.25, -0.2) is 0 Å². The van der Waals surface area contributed by atoms with E-state index in [1.807, 2.05) is 6.07 Å². The third-order valence-corrected chi connectivity index (χ3v) is 4.47. The molecule has 4 nitrogen and oxygen atoms in total. The Hall–Kier alpha value is -0.690. The van der Waals surface area contributed by atoms with Crippen molar-refractivity contribution in [3.63, 3.8) is 0 Å². The first-order valence-corrected chi connectivity index (χ1v) is 8.57. The summed E-state index contributed by atoms with van der Waals surface area (Å²) in [6.07, 6.45) is 1.12. The number of quaternary nitrogens is 1. The molecule has 0 bridgehead atoms. The van der Waals surface area contributed by atoms with E-state index in [0.717, 1.165) is 49.4 Å². The number of ether oxygens (including phenoxy) is 1. The lowest BCUT2D eigenvalue weighted by molar-refractivity contribution is -0.908. The van der Waals surface area contributed by atoms with Gasteiger partial charge in [0.2, 0.25) is 0 Å². The normalized spacial score (nSPS) is 15.7. The average Bonchev–Trinajstić information content (AvgIpc) is 2.48. The first-order valence-electron chi connectivity index (χ1n) is 7.37. The van der Waals surface area contributed by atoms with Crippen molar-refractivity contribution in [1.82, 2.24) is 5.32 Å². The van der Waals surface area contributed by atoms with Gasteiger partial charge in [0.05, 0.1) is 25.4 Å². The van der Waals surface area contributed by atoms with Crippen molar-refractivity contribution >= 4 is 38.9 Å². The SMILES string of the molecule is Cc1ccc(NC(=S)NCCC[NH+]2CCOCC2)c(Br)c1. The van der Waals surface area contributed by atoms with Crippen LogP contribution in [0.2, 0.25) is 0 Å². The monoisotopic (exact) mass is 372 g/mol. The number of hydrogen-bond donors (Lipinski definition) is 3. The van der Waals surface area contributed by atoms with Crippen molar-refractivity contribution in [3.05, 3.63) is 28.2 Å². The zero-order valence-electron chi connectivity index (χ0n) is 12.4. The van der Waals surface area contributed by atoms with E-state index in [1.54, 1.807) is 4.90 Å². The third-order valence-electron chi connectivity index (χ3n) is 3.57. The second-order valence-corrected chi connectivity index (χ2v) is 6.59. The summed E-state index contributed by atoms with van der Waals surface area (Å²) >= 11 is 8.87. The summed E-state index contributed by atoms with van der Waals surface area (Å²) in [5.41, 5.74) is 2.22. The van der Waals surface area contributed by atoms with Gasteiger partial charge in [-0.05, 0) is 52.8 Å². The van der Waals surface area contributed by atoms with E-state index < -0.39 is 0 Å². The summed E-state index contributed by atoms with van der Waals surface area (Å²) in [6, 6.07) is 6.18. The number of aryl methyl sites for hydroxylation is 1. The maximum atomic E-state index is 5.36. The highest BCUT2D eigenvalue weighted by atomic mass is 79.9. The Kier molecular flexibility index (Phi) is 6.89. The van der Waals surface area contributed by atoms with Crippen LogP contribution in [0, 0.1) is 6.92 Å². The van der Waals surface area contributed by atoms with E-state index in [2.05, 4.69) is 45.6 Å². The molecule has 1 aliphatic rings. The van der Waals surface area contributed by atoms with Gasteiger partial charge < -0.3 is 20.3 Å². The summed E-state index contributed by atoms with van der Waals surface area (Å²) < 4.78 is 6.39. The second kappa shape index (κ2) is 8.68. The molecule has 1 aromatic carbocycles. The van der Waals surface area contributed by atoms with E-state index in [-0.39, 0.29) is 0 Å². The number of thiocarbonyl (C=S) groups is 1. The topological polar surface area (TPSA) is 37.7 Å². The molecule has 3 N–H and O–H groups in total. The standard InChI is InChI=1S/C15H22BrN3OS/c1-12-3-4-14(13(16)11-12)18-15(21)17-5-2-6-19-7-9-20-10-8-19/h3-4,11H,2,5-10H2,1H3,(H2,17,18,21)/p+1. The molecule has 0 aromatic heterocycles. The summed E-state index contributed by atoms with van der Waals surface area (Å²) in [5.74, 6) is 0. The predicted octanol–water partition coefficient (Wildman–Crippen LogP) is 1.35. The fraction of sp³-hybridized carbons (Fsp3) is 0.533. The lowest BCUT2D eigenvalue weighted by Gasteiger charge is -2.23. The maximum Gasteiger partial charge on any atom is 0.170 e. The molecule has 116 valence electrons. The van der Waals surface area contributed by atoms with Crippen molar-refractivity contribution in [3.8, 4) is 0 Å². The van der Waals surface area contributed by atoms with E-state index in [1.165, 1.54) is 12.1 Å². The highest BCUT2D eigenvalue weighted by molar-refractivity contribution is 9.10. The molecule has 6 heteroatoms. The van der Waals surface area contributed by atoms with Gasteiger partial charge in [-0.2, -0.15) is 0 Å². The summed E-state index contributed by atoms with van der Waals surface area (Å²) in [6.45, 7) is 8.18. The average molecular weight is 373 g/mol. The molecule has 1 saturated heterocycles. The van der Waals surface area contributed by atoms with E-state index in [9.17, 15) is 0 Å². The van der Waals surface area contributed by atoms with Crippen molar-refractivity contribution in [2.24, 2.45) is 0 Å². The number of anilines is 1. The molecule has 1 heterocycles. The zero-order valence-corrected chi connectivity index (χ0v) is 14.8. The molecule has 1 fully saturated rings. The minimum absolute atomic E-state index is 0.677. The number of nitrogens with one attached hydrogen (secondary N) is 3. The molecule has 0 atom stereocenters. The van der Waals surface area contributed by atoms with Crippen LogP contribution in [0.5, 0.6) is 0 Å². The fourth-order valence-corrected chi connectivity index (χ4v) is 3.14. The molecule has 2 rings (SSSR count). The van der Waals surface area contributed by atoms with Crippen LogP contribution in [0.15, 0.2) is 22.7 Å². The lowest BCUT2D eigenvalue weighted by Crippen LogP contribution is -3.14. The van der Waals surface area contributed by atoms with Crippen molar-refractivity contribution in [1.29, 1.82) is 0 Å². The van der Waals surface area contributed by atoms with Gasteiger partial charge in [-0.1, -0.05) is 6.07 Å². The lowest BCUT2D eigenvalue weighted by atomic mass is 10.2. The maximum absolute atomic E-state index is 5.36. The minimum Gasteiger partial charge on any atom is -0.370 e. The number of halogens is 1. The molecule has 0 saturated carbocycles. The van der Waals surface area contributed by atoms with Crippen LogP contribution >= 0.6 is 28.1 Å². The van der Waals surface area contributed by atoms with Crippen LogP contribution < -0.4 is 15.5 Å². The molecule has 1 aromatic rings. The van der Waals surface area contributed by atoms with Crippen molar-refractivity contribution in [2.75, 3.05) is 44.7 Å². The predicted molar refractivity (Wildman–Crippen MR) is 94.1 cm³/mol. The molecule has 0 amide bonds. The first-order chi connectivity index (χ1) is 10.1. The minimum atomic E-state index is 0.677. The van der Waals surface area contributed by atoms with Crippen molar-refractivity contribution < 1.29 is 9.64 Å². The smallest absolute Gasteiger partial charge is 0.170 e. The van der Waals surface area contributed by atoms with Gasteiger partial charge in [0.1, 0.15) is 13.1 Å². The fourth-order valence-electron chi connectivity index (χ4n) is 2.34. The summed E-state index contributed by atoms with van der Waals surface area (Å²) in [7, 11) is 0. The van der Waals surface area contributed by atoms with E-state index in [4.69, 9.17) is 17.0 Å². The molecule has 0 spiro atoms. The molecule has 0 radical (unpaired) electrons. The Labute approximate surface area is 140 Å². The van der Waals surface area contributed by atoms with E-state index >= 15 is 0 Å². The Balaban J connectivity index is 1.65. The molecular formula is C15H23BrN3OS+. The van der Waals surface area contributed by atoms with Crippen LogP contribution in [0.3, 0.4) is 0 Å². The van der Waals surface area contributed by atoms with Gasteiger partial charge in [0.15, 0.2) is 5.11 Å². The van der Waals surface area contributed by atoms with Crippen LogP contribution in [0.1, 0.15) is 12.0 Å². The van der Waals surface area contributed by atoms with E-state index in [0.29, 0.717) is 5.11 Å². The number of benzene rings is 1. The summed E-state index contributed by atoms with van der Waals surface area (Å²) in [4.78, 5) is 1.63. The molecule has 0 aliphatic carbocycles. The van der Waals surface area contributed by atoms with Gasteiger partial charge in [0, 0.05) is 17.4 Å². The Morgan fingerprint density at radius 2 is 2.14 bits per heavy atom. The number of hydrogen-bond acceptors (Lipinski definition) is 2. The first kappa shape index (κ1) is 16.7. The van der Waals surface area contributed by atoms with Crippen LogP contribution in [-0.2, 0) is 4.74 Å². The van der Waals surface area contributed by atoms with Gasteiger partial charge >= 0.3 is 0 Å². The number of rotatable bonds is 5. The Morgan fingerprint density at radius 1 is 1.38 bits per heavy atom.